The molecule has 0 aliphatic carbocycles. The van der Waals surface area contributed by atoms with Crippen molar-refractivity contribution in [3.63, 3.8) is 0 Å². The highest BCUT2D eigenvalue weighted by atomic mass is 32.1. The monoisotopic (exact) mass is 382 g/mol. The van der Waals surface area contributed by atoms with Crippen molar-refractivity contribution in [1.82, 2.24) is 15.5 Å². The minimum absolute atomic E-state index is 0.345. The van der Waals surface area contributed by atoms with Crippen LogP contribution in [0.25, 0.3) is 0 Å². The highest BCUT2D eigenvalue weighted by Gasteiger charge is 2.49. The normalized spacial score (nSPS) is 18.9. The standard InChI is InChI=1S/C19H18N4O3S/c1-19(14-5-2-4-13(10-14)11-20)17(25)23(18(26)22-19)12-16(24)21-8-7-15-6-3-9-27-15/h2-6,9-10H,7-8,12H2,1H3,(H,21,24)(H,22,26). The molecule has 4 amide bonds. The van der Waals surface area contributed by atoms with Crippen molar-refractivity contribution in [2.45, 2.75) is 18.9 Å². The van der Waals surface area contributed by atoms with Gasteiger partial charge >= 0.3 is 6.03 Å². The van der Waals surface area contributed by atoms with Crippen LogP contribution in [0.15, 0.2) is 41.8 Å². The van der Waals surface area contributed by atoms with Gasteiger partial charge in [0.1, 0.15) is 12.1 Å². The summed E-state index contributed by atoms with van der Waals surface area (Å²) < 4.78 is 0. The number of hydrogen-bond donors (Lipinski definition) is 2. The van der Waals surface area contributed by atoms with Crippen LogP contribution in [0.3, 0.4) is 0 Å². The molecule has 1 unspecified atom stereocenters. The van der Waals surface area contributed by atoms with Crippen LogP contribution >= 0.6 is 11.3 Å². The maximum Gasteiger partial charge on any atom is 0.325 e. The Bertz CT molecular complexity index is 919. The molecule has 1 aromatic carbocycles. The largest absolute Gasteiger partial charge is 0.354 e. The lowest BCUT2D eigenvalue weighted by Gasteiger charge is -2.22. The number of carbonyl (C=O) groups is 3. The quantitative estimate of drug-likeness (QED) is 0.743. The number of nitrogens with one attached hydrogen (secondary N) is 2. The van der Waals surface area contributed by atoms with E-state index in [9.17, 15) is 14.4 Å². The first-order chi connectivity index (χ1) is 12.9. The topological polar surface area (TPSA) is 102 Å². The molecule has 1 aliphatic rings. The van der Waals surface area contributed by atoms with Gasteiger partial charge in [-0.3, -0.25) is 14.5 Å². The Labute approximate surface area is 160 Å². The van der Waals surface area contributed by atoms with Gasteiger partial charge in [-0.2, -0.15) is 5.26 Å². The Balaban J connectivity index is 1.64. The van der Waals surface area contributed by atoms with Crippen LogP contribution in [-0.4, -0.2) is 35.8 Å². The van der Waals surface area contributed by atoms with Gasteiger partial charge in [0, 0.05) is 11.4 Å². The van der Waals surface area contributed by atoms with Gasteiger partial charge in [0.05, 0.1) is 11.6 Å². The second-order valence-corrected chi connectivity index (χ2v) is 7.35. The number of thiophene rings is 1. The van der Waals surface area contributed by atoms with Crippen molar-refractivity contribution < 1.29 is 14.4 Å². The van der Waals surface area contributed by atoms with Crippen LogP contribution in [0.1, 0.15) is 22.9 Å². The maximum atomic E-state index is 12.8. The van der Waals surface area contributed by atoms with Crippen LogP contribution in [0.4, 0.5) is 4.79 Å². The SMILES string of the molecule is CC1(c2cccc(C#N)c2)NC(=O)N(CC(=O)NCCc2cccs2)C1=O. The average Bonchev–Trinajstić information content (AvgIpc) is 3.25. The molecule has 7 nitrogen and oxygen atoms in total. The smallest absolute Gasteiger partial charge is 0.325 e. The molecule has 8 heteroatoms. The number of nitrogens with zero attached hydrogens (tertiary/aromatic N) is 2. The highest BCUT2D eigenvalue weighted by molar-refractivity contribution is 7.09. The first-order valence-corrected chi connectivity index (χ1v) is 9.26. The molecular weight excluding hydrogens is 364 g/mol. The van der Waals surface area contributed by atoms with Gasteiger partial charge in [-0.15, -0.1) is 11.3 Å². The zero-order valence-corrected chi connectivity index (χ0v) is 15.5. The fourth-order valence-electron chi connectivity index (χ4n) is 2.92. The summed E-state index contributed by atoms with van der Waals surface area (Å²) in [5, 5.41) is 16.4. The second-order valence-electron chi connectivity index (χ2n) is 6.32. The number of carbonyl (C=O) groups excluding carboxylic acids is 3. The fraction of sp³-hybridized carbons (Fsp3) is 0.263. The second kappa shape index (κ2) is 7.60. The molecule has 1 aromatic heterocycles. The summed E-state index contributed by atoms with van der Waals surface area (Å²) >= 11 is 1.61. The van der Waals surface area contributed by atoms with E-state index in [1.165, 1.54) is 0 Å². The Morgan fingerprint density at radius 2 is 2.15 bits per heavy atom. The molecule has 2 aromatic rings. The highest BCUT2D eigenvalue weighted by Crippen LogP contribution is 2.29. The Hall–Kier alpha value is -3.18. The molecule has 0 spiro atoms. The number of imide groups is 1. The number of rotatable bonds is 6. The Kier molecular flexibility index (Phi) is 5.23. The first-order valence-electron chi connectivity index (χ1n) is 8.38. The van der Waals surface area contributed by atoms with E-state index in [-0.39, 0.29) is 6.54 Å². The minimum Gasteiger partial charge on any atom is -0.354 e. The van der Waals surface area contributed by atoms with Crippen LogP contribution in [-0.2, 0) is 21.5 Å². The van der Waals surface area contributed by atoms with E-state index in [0.29, 0.717) is 24.1 Å². The molecular formula is C19H18N4O3S. The molecule has 1 atom stereocenters. The van der Waals surface area contributed by atoms with E-state index in [2.05, 4.69) is 10.6 Å². The molecule has 2 N–H and O–H groups in total. The molecule has 0 bridgehead atoms. The Morgan fingerprint density at radius 1 is 1.33 bits per heavy atom. The lowest BCUT2D eigenvalue weighted by Crippen LogP contribution is -2.43. The molecule has 1 saturated heterocycles. The Morgan fingerprint density at radius 3 is 2.85 bits per heavy atom. The van der Waals surface area contributed by atoms with E-state index in [1.807, 2.05) is 23.6 Å². The predicted octanol–water partition coefficient (Wildman–Crippen LogP) is 1.75. The van der Waals surface area contributed by atoms with E-state index in [1.54, 1.807) is 42.5 Å². The van der Waals surface area contributed by atoms with E-state index < -0.39 is 23.4 Å². The summed E-state index contributed by atoms with van der Waals surface area (Å²) in [5.74, 6) is -0.916. The molecule has 2 heterocycles. The summed E-state index contributed by atoms with van der Waals surface area (Å²) in [7, 11) is 0. The van der Waals surface area contributed by atoms with Gasteiger partial charge in [0.15, 0.2) is 0 Å². The third-order valence-electron chi connectivity index (χ3n) is 4.42. The fourth-order valence-corrected chi connectivity index (χ4v) is 3.62. The van der Waals surface area contributed by atoms with Gasteiger partial charge in [0.2, 0.25) is 5.91 Å². The van der Waals surface area contributed by atoms with E-state index in [0.717, 1.165) is 9.78 Å². The summed E-state index contributed by atoms with van der Waals surface area (Å²) in [6.45, 7) is 1.66. The number of amides is 4. The maximum absolute atomic E-state index is 12.8. The third-order valence-corrected chi connectivity index (χ3v) is 5.36. The molecule has 0 radical (unpaired) electrons. The first kappa shape index (κ1) is 18.6. The van der Waals surface area contributed by atoms with Gasteiger partial charge in [-0.25, -0.2) is 4.79 Å². The summed E-state index contributed by atoms with van der Waals surface area (Å²) in [4.78, 5) is 39.3. The minimum atomic E-state index is -1.30. The molecule has 27 heavy (non-hydrogen) atoms. The molecule has 1 aliphatic heterocycles. The van der Waals surface area contributed by atoms with Crippen molar-refractivity contribution in [1.29, 1.82) is 5.26 Å². The van der Waals surface area contributed by atoms with Crippen molar-refractivity contribution in [3.8, 4) is 6.07 Å². The van der Waals surface area contributed by atoms with Crippen molar-refractivity contribution in [2.75, 3.05) is 13.1 Å². The number of benzene rings is 1. The summed E-state index contributed by atoms with van der Waals surface area (Å²) in [6, 6.07) is 11.8. The average molecular weight is 382 g/mol. The lowest BCUT2D eigenvalue weighted by atomic mass is 9.91. The van der Waals surface area contributed by atoms with E-state index >= 15 is 0 Å². The lowest BCUT2D eigenvalue weighted by molar-refractivity contribution is -0.134. The van der Waals surface area contributed by atoms with Crippen LogP contribution < -0.4 is 10.6 Å². The van der Waals surface area contributed by atoms with Crippen LogP contribution in [0.5, 0.6) is 0 Å². The van der Waals surface area contributed by atoms with Gasteiger partial charge < -0.3 is 10.6 Å². The summed E-state index contributed by atoms with van der Waals surface area (Å²) in [5.41, 5.74) is -0.415. The molecule has 3 rings (SSSR count). The van der Waals surface area contributed by atoms with Gasteiger partial charge in [-0.1, -0.05) is 18.2 Å². The van der Waals surface area contributed by atoms with Crippen molar-refractivity contribution in [2.24, 2.45) is 0 Å². The molecule has 138 valence electrons. The predicted molar refractivity (Wildman–Crippen MR) is 99.8 cm³/mol. The van der Waals surface area contributed by atoms with Crippen molar-refractivity contribution >= 4 is 29.2 Å². The zero-order valence-electron chi connectivity index (χ0n) is 14.7. The summed E-state index contributed by atoms with van der Waals surface area (Å²) in [6.07, 6.45) is 0.697. The van der Waals surface area contributed by atoms with Gasteiger partial charge in [-0.05, 0) is 42.5 Å². The zero-order chi connectivity index (χ0) is 19.4. The molecule has 1 fully saturated rings. The molecule has 0 saturated carbocycles. The van der Waals surface area contributed by atoms with Crippen molar-refractivity contribution in [3.05, 3.63) is 57.8 Å². The number of hydrogen-bond acceptors (Lipinski definition) is 5. The van der Waals surface area contributed by atoms with E-state index in [4.69, 9.17) is 5.26 Å². The van der Waals surface area contributed by atoms with Gasteiger partial charge in [0.25, 0.3) is 5.91 Å². The number of nitriles is 1. The number of urea groups is 1. The van der Waals surface area contributed by atoms with Crippen LogP contribution in [0.2, 0.25) is 0 Å². The van der Waals surface area contributed by atoms with Crippen LogP contribution in [0, 0.1) is 11.3 Å². The third kappa shape index (κ3) is 3.83.